The van der Waals surface area contributed by atoms with Gasteiger partial charge in [0, 0.05) is 13.1 Å². The largest absolute Gasteiger partial charge is 0.361 e. The van der Waals surface area contributed by atoms with Crippen molar-refractivity contribution in [1.29, 1.82) is 0 Å². The molecule has 0 aromatic rings. The Morgan fingerprint density at radius 2 is 2.08 bits per heavy atom. The van der Waals surface area contributed by atoms with Crippen molar-refractivity contribution in [1.82, 2.24) is 4.90 Å². The summed E-state index contributed by atoms with van der Waals surface area (Å²) in [4.78, 5) is 13.1. The monoisotopic (exact) mass is 185 g/mol. The van der Waals surface area contributed by atoms with Gasteiger partial charge in [-0.25, -0.2) is 0 Å². The van der Waals surface area contributed by atoms with Gasteiger partial charge in [-0.05, 0) is 34.2 Å². The van der Waals surface area contributed by atoms with Gasteiger partial charge in [0.1, 0.15) is 5.60 Å². The SMILES string of the molecule is CN1CCC(C=O)(OC(C)(C)C)C1. The number of hydrogen-bond acceptors (Lipinski definition) is 3. The molecule has 1 saturated heterocycles. The van der Waals surface area contributed by atoms with Crippen LogP contribution < -0.4 is 0 Å². The zero-order valence-electron chi connectivity index (χ0n) is 8.96. The van der Waals surface area contributed by atoms with E-state index in [1.54, 1.807) is 0 Å². The van der Waals surface area contributed by atoms with Crippen molar-refractivity contribution in [2.75, 3.05) is 20.1 Å². The van der Waals surface area contributed by atoms with Crippen molar-refractivity contribution < 1.29 is 9.53 Å². The maximum absolute atomic E-state index is 11.0. The average molecular weight is 185 g/mol. The molecule has 1 aliphatic rings. The lowest BCUT2D eigenvalue weighted by Gasteiger charge is -2.31. The summed E-state index contributed by atoms with van der Waals surface area (Å²) in [5.74, 6) is 0. The van der Waals surface area contributed by atoms with Gasteiger partial charge in [-0.2, -0.15) is 0 Å². The molecule has 1 fully saturated rings. The zero-order chi connectivity index (χ0) is 10.1. The van der Waals surface area contributed by atoms with Gasteiger partial charge in [-0.3, -0.25) is 0 Å². The number of aldehydes is 1. The number of rotatable bonds is 2. The van der Waals surface area contributed by atoms with Crippen molar-refractivity contribution in [3.05, 3.63) is 0 Å². The minimum atomic E-state index is -0.562. The van der Waals surface area contributed by atoms with Gasteiger partial charge in [0.2, 0.25) is 0 Å². The lowest BCUT2D eigenvalue weighted by atomic mass is 10.0. The molecule has 1 aliphatic heterocycles. The highest BCUT2D eigenvalue weighted by Gasteiger charge is 2.40. The summed E-state index contributed by atoms with van der Waals surface area (Å²) in [5, 5.41) is 0. The summed E-state index contributed by atoms with van der Waals surface area (Å²) < 4.78 is 5.80. The molecule has 76 valence electrons. The van der Waals surface area contributed by atoms with Crippen LogP contribution in [0.15, 0.2) is 0 Å². The molecule has 0 aromatic carbocycles. The van der Waals surface area contributed by atoms with Crippen LogP contribution in [0.2, 0.25) is 0 Å². The van der Waals surface area contributed by atoms with Gasteiger partial charge >= 0.3 is 0 Å². The highest BCUT2D eigenvalue weighted by molar-refractivity contribution is 5.63. The molecule has 3 heteroatoms. The van der Waals surface area contributed by atoms with E-state index < -0.39 is 5.60 Å². The molecule has 0 bridgehead atoms. The van der Waals surface area contributed by atoms with Gasteiger partial charge in [0.15, 0.2) is 6.29 Å². The Bertz CT molecular complexity index is 198. The number of ether oxygens (including phenoxy) is 1. The van der Waals surface area contributed by atoms with Crippen molar-refractivity contribution >= 4 is 6.29 Å². The Kier molecular flexibility index (Phi) is 2.78. The van der Waals surface area contributed by atoms with Crippen molar-refractivity contribution in [3.8, 4) is 0 Å². The molecule has 0 amide bonds. The van der Waals surface area contributed by atoms with Crippen LogP contribution in [-0.2, 0) is 9.53 Å². The first kappa shape index (κ1) is 10.7. The van der Waals surface area contributed by atoms with E-state index in [0.717, 1.165) is 19.3 Å². The van der Waals surface area contributed by atoms with E-state index in [4.69, 9.17) is 4.74 Å². The van der Waals surface area contributed by atoms with E-state index in [1.807, 2.05) is 27.8 Å². The second-order valence-corrected chi connectivity index (χ2v) is 4.88. The number of hydrogen-bond donors (Lipinski definition) is 0. The van der Waals surface area contributed by atoms with Crippen LogP contribution in [0.5, 0.6) is 0 Å². The minimum absolute atomic E-state index is 0.244. The molecule has 0 spiro atoms. The number of likely N-dealkylation sites (N-methyl/N-ethyl adjacent to an activating group) is 1. The second-order valence-electron chi connectivity index (χ2n) is 4.88. The van der Waals surface area contributed by atoms with E-state index in [2.05, 4.69) is 4.90 Å². The first-order chi connectivity index (χ1) is 5.87. The van der Waals surface area contributed by atoms with Crippen LogP contribution in [0.3, 0.4) is 0 Å². The first-order valence-electron chi connectivity index (χ1n) is 4.72. The highest BCUT2D eigenvalue weighted by atomic mass is 16.5. The van der Waals surface area contributed by atoms with Gasteiger partial charge in [-0.15, -0.1) is 0 Å². The predicted octanol–water partition coefficient (Wildman–Crippen LogP) is 1.07. The smallest absolute Gasteiger partial charge is 0.153 e. The summed E-state index contributed by atoms with van der Waals surface area (Å²) in [5.41, 5.74) is -0.806. The normalized spacial score (nSPS) is 30.8. The Morgan fingerprint density at radius 1 is 1.46 bits per heavy atom. The van der Waals surface area contributed by atoms with Crippen LogP contribution in [0, 0.1) is 0 Å². The molecule has 1 heterocycles. The molecule has 0 saturated carbocycles. The van der Waals surface area contributed by atoms with Gasteiger partial charge in [-0.1, -0.05) is 0 Å². The molecule has 3 nitrogen and oxygen atoms in total. The third kappa shape index (κ3) is 2.78. The van der Waals surface area contributed by atoms with E-state index >= 15 is 0 Å². The summed E-state index contributed by atoms with van der Waals surface area (Å²) in [7, 11) is 2.01. The summed E-state index contributed by atoms with van der Waals surface area (Å²) in [6.07, 6.45) is 1.77. The van der Waals surface area contributed by atoms with Gasteiger partial charge in [0.05, 0.1) is 5.60 Å². The molecular formula is C10H19NO2. The summed E-state index contributed by atoms with van der Waals surface area (Å²) in [6, 6.07) is 0. The van der Waals surface area contributed by atoms with Crippen molar-refractivity contribution in [2.45, 2.75) is 38.4 Å². The van der Waals surface area contributed by atoms with Crippen LogP contribution in [0.25, 0.3) is 0 Å². The minimum Gasteiger partial charge on any atom is -0.361 e. The number of likely N-dealkylation sites (tertiary alicyclic amines) is 1. The standard InChI is InChI=1S/C10H19NO2/c1-9(2,3)13-10(8-12)5-6-11(4)7-10/h8H,5-7H2,1-4H3. The topological polar surface area (TPSA) is 29.5 Å². The average Bonchev–Trinajstić information content (AvgIpc) is 2.29. The number of carbonyl (C=O) groups is 1. The molecule has 0 aromatic heterocycles. The Labute approximate surface area is 80.1 Å². The zero-order valence-corrected chi connectivity index (χ0v) is 8.96. The molecule has 1 rings (SSSR count). The third-order valence-corrected chi connectivity index (χ3v) is 2.18. The lowest BCUT2D eigenvalue weighted by Crippen LogP contribution is -2.43. The fraction of sp³-hybridized carbons (Fsp3) is 0.900. The Balaban J connectivity index is 2.66. The van der Waals surface area contributed by atoms with Crippen molar-refractivity contribution in [3.63, 3.8) is 0 Å². The highest BCUT2D eigenvalue weighted by Crippen LogP contribution is 2.27. The molecule has 1 atom stereocenters. The molecule has 13 heavy (non-hydrogen) atoms. The van der Waals surface area contributed by atoms with Gasteiger partial charge in [0.25, 0.3) is 0 Å². The van der Waals surface area contributed by atoms with E-state index in [-0.39, 0.29) is 5.60 Å². The van der Waals surface area contributed by atoms with Crippen molar-refractivity contribution in [2.24, 2.45) is 0 Å². The van der Waals surface area contributed by atoms with E-state index in [9.17, 15) is 4.79 Å². The molecule has 1 unspecified atom stereocenters. The van der Waals surface area contributed by atoms with Crippen LogP contribution in [0.4, 0.5) is 0 Å². The van der Waals surface area contributed by atoms with Crippen LogP contribution >= 0.6 is 0 Å². The number of nitrogens with zero attached hydrogens (tertiary/aromatic N) is 1. The van der Waals surface area contributed by atoms with Gasteiger partial charge < -0.3 is 14.4 Å². The Hall–Kier alpha value is -0.410. The molecule has 0 N–H and O–H groups in total. The third-order valence-electron chi connectivity index (χ3n) is 2.18. The molecular weight excluding hydrogens is 166 g/mol. The molecule has 0 aliphatic carbocycles. The summed E-state index contributed by atoms with van der Waals surface area (Å²) >= 11 is 0. The van der Waals surface area contributed by atoms with Crippen LogP contribution in [0.1, 0.15) is 27.2 Å². The molecule has 0 radical (unpaired) electrons. The fourth-order valence-corrected chi connectivity index (χ4v) is 1.81. The fourth-order valence-electron chi connectivity index (χ4n) is 1.81. The lowest BCUT2D eigenvalue weighted by molar-refractivity contribution is -0.149. The quantitative estimate of drug-likeness (QED) is 0.603. The van der Waals surface area contributed by atoms with Crippen LogP contribution in [-0.4, -0.2) is 42.5 Å². The second kappa shape index (κ2) is 3.39. The Morgan fingerprint density at radius 3 is 2.38 bits per heavy atom. The summed E-state index contributed by atoms with van der Waals surface area (Å²) in [6.45, 7) is 7.60. The first-order valence-corrected chi connectivity index (χ1v) is 4.72. The maximum Gasteiger partial charge on any atom is 0.153 e. The van der Waals surface area contributed by atoms with E-state index in [0.29, 0.717) is 6.54 Å². The predicted molar refractivity (Wildman–Crippen MR) is 51.7 cm³/mol. The number of carbonyl (C=O) groups excluding carboxylic acids is 1. The maximum atomic E-state index is 11.0. The van der Waals surface area contributed by atoms with E-state index in [1.165, 1.54) is 0 Å².